The lowest BCUT2D eigenvalue weighted by atomic mass is 10.2. The van der Waals surface area contributed by atoms with Gasteiger partial charge in [-0.1, -0.05) is 11.6 Å². The number of halogens is 1. The molecule has 2 rings (SSSR count). The Hall–Kier alpha value is -1.20. The molecule has 2 aromatic heterocycles. The number of hydrogen-bond donors (Lipinski definition) is 1. The Kier molecular flexibility index (Phi) is 1.90. The smallest absolute Gasteiger partial charge is 0.337 e. The van der Waals surface area contributed by atoms with Crippen molar-refractivity contribution in [3.63, 3.8) is 0 Å². The fourth-order valence-electron chi connectivity index (χ4n) is 0.996. The molecule has 0 bridgehead atoms. The summed E-state index contributed by atoms with van der Waals surface area (Å²) in [5.74, 6) is -1.01. The summed E-state index contributed by atoms with van der Waals surface area (Å²) < 4.78 is 0. The van der Waals surface area contributed by atoms with E-state index in [0.29, 0.717) is 10.2 Å². The van der Waals surface area contributed by atoms with E-state index in [1.807, 2.05) is 0 Å². The van der Waals surface area contributed by atoms with Gasteiger partial charge in [0.05, 0.1) is 10.9 Å². The molecule has 2 heterocycles. The Morgan fingerprint density at radius 1 is 1.54 bits per heavy atom. The van der Waals surface area contributed by atoms with Crippen molar-refractivity contribution >= 4 is 39.1 Å². The quantitative estimate of drug-likeness (QED) is 0.738. The summed E-state index contributed by atoms with van der Waals surface area (Å²) in [5, 5.41) is 10.9. The highest BCUT2D eigenvalue weighted by molar-refractivity contribution is 7.17. The molecular weight excluding hydrogens is 212 g/mol. The second kappa shape index (κ2) is 2.93. The molecule has 0 fully saturated rings. The Labute approximate surface area is 81.8 Å². The van der Waals surface area contributed by atoms with Gasteiger partial charge in [0.15, 0.2) is 0 Å². The van der Waals surface area contributed by atoms with Crippen molar-refractivity contribution in [2.45, 2.75) is 0 Å². The van der Waals surface area contributed by atoms with Gasteiger partial charge in [0.2, 0.25) is 0 Å². The van der Waals surface area contributed by atoms with Gasteiger partial charge in [0.1, 0.15) is 16.3 Å². The molecule has 0 aliphatic rings. The summed E-state index contributed by atoms with van der Waals surface area (Å²) in [6.07, 6.45) is 1.31. The molecule has 6 heteroatoms. The molecule has 1 N–H and O–H groups in total. The van der Waals surface area contributed by atoms with E-state index in [9.17, 15) is 4.79 Å². The third kappa shape index (κ3) is 1.26. The van der Waals surface area contributed by atoms with E-state index in [0.717, 1.165) is 0 Å². The maximum Gasteiger partial charge on any atom is 0.337 e. The van der Waals surface area contributed by atoms with Crippen LogP contribution in [0.5, 0.6) is 0 Å². The standard InChI is InChI=1S/C7H3ClN2O2S/c8-5-4-3(7(11)12)1-13-6(4)10-2-9-5/h1-2H,(H,11,12). The number of carboxylic acids is 1. The van der Waals surface area contributed by atoms with Crippen LogP contribution < -0.4 is 0 Å². The van der Waals surface area contributed by atoms with Crippen molar-refractivity contribution < 1.29 is 9.90 Å². The zero-order valence-electron chi connectivity index (χ0n) is 6.19. The first-order chi connectivity index (χ1) is 6.20. The van der Waals surface area contributed by atoms with Crippen molar-refractivity contribution in [2.24, 2.45) is 0 Å². The van der Waals surface area contributed by atoms with Gasteiger partial charge in [0.25, 0.3) is 0 Å². The number of aromatic carboxylic acids is 1. The van der Waals surface area contributed by atoms with Gasteiger partial charge < -0.3 is 5.11 Å². The SMILES string of the molecule is O=C(O)c1csc2ncnc(Cl)c12. The highest BCUT2D eigenvalue weighted by atomic mass is 35.5. The van der Waals surface area contributed by atoms with Crippen LogP contribution in [0.3, 0.4) is 0 Å². The molecule has 0 amide bonds. The molecule has 0 aliphatic heterocycles. The Morgan fingerprint density at radius 2 is 2.31 bits per heavy atom. The van der Waals surface area contributed by atoms with Crippen LogP contribution in [0, 0.1) is 0 Å². The van der Waals surface area contributed by atoms with Crippen LogP contribution in [-0.2, 0) is 0 Å². The largest absolute Gasteiger partial charge is 0.478 e. The first-order valence-corrected chi connectivity index (χ1v) is 4.57. The first kappa shape index (κ1) is 8.40. The van der Waals surface area contributed by atoms with Gasteiger partial charge in [-0.25, -0.2) is 14.8 Å². The van der Waals surface area contributed by atoms with E-state index in [1.54, 1.807) is 0 Å². The Morgan fingerprint density at radius 3 is 3.00 bits per heavy atom. The van der Waals surface area contributed by atoms with Gasteiger partial charge in [0, 0.05) is 5.38 Å². The molecule has 0 aliphatic carbocycles. The lowest BCUT2D eigenvalue weighted by Crippen LogP contribution is -1.94. The van der Waals surface area contributed by atoms with Crippen LogP contribution in [0.1, 0.15) is 10.4 Å². The van der Waals surface area contributed by atoms with Crippen molar-refractivity contribution in [2.75, 3.05) is 0 Å². The van der Waals surface area contributed by atoms with E-state index in [2.05, 4.69) is 9.97 Å². The highest BCUT2D eigenvalue weighted by Crippen LogP contribution is 2.28. The molecule has 0 saturated carbocycles. The van der Waals surface area contributed by atoms with Crippen molar-refractivity contribution in [3.05, 3.63) is 22.4 Å². The second-order valence-corrected chi connectivity index (χ2v) is 3.52. The molecule has 0 unspecified atom stereocenters. The average molecular weight is 215 g/mol. The van der Waals surface area contributed by atoms with E-state index >= 15 is 0 Å². The zero-order valence-corrected chi connectivity index (χ0v) is 7.76. The van der Waals surface area contributed by atoms with E-state index in [4.69, 9.17) is 16.7 Å². The van der Waals surface area contributed by atoms with Gasteiger partial charge in [-0.3, -0.25) is 0 Å². The van der Waals surface area contributed by atoms with Crippen molar-refractivity contribution in [3.8, 4) is 0 Å². The maximum atomic E-state index is 10.7. The number of nitrogens with zero attached hydrogens (tertiary/aromatic N) is 2. The van der Waals surface area contributed by atoms with E-state index in [-0.39, 0.29) is 10.7 Å². The molecule has 0 saturated heterocycles. The third-order valence-corrected chi connectivity index (χ3v) is 2.73. The number of hydrogen-bond acceptors (Lipinski definition) is 4. The zero-order chi connectivity index (χ0) is 9.42. The first-order valence-electron chi connectivity index (χ1n) is 3.31. The summed E-state index contributed by atoms with van der Waals surface area (Å²) in [7, 11) is 0. The van der Waals surface area contributed by atoms with E-state index in [1.165, 1.54) is 23.0 Å². The topological polar surface area (TPSA) is 63.1 Å². The minimum absolute atomic E-state index is 0.158. The minimum Gasteiger partial charge on any atom is -0.478 e. The molecule has 0 spiro atoms. The van der Waals surface area contributed by atoms with Crippen LogP contribution in [0.25, 0.3) is 10.2 Å². The lowest BCUT2D eigenvalue weighted by Gasteiger charge is -1.93. The molecule has 66 valence electrons. The second-order valence-electron chi connectivity index (χ2n) is 2.30. The van der Waals surface area contributed by atoms with Gasteiger partial charge in [-0.2, -0.15) is 0 Å². The minimum atomic E-state index is -1.01. The normalized spacial score (nSPS) is 10.5. The van der Waals surface area contributed by atoms with Crippen LogP contribution in [-0.4, -0.2) is 21.0 Å². The van der Waals surface area contributed by atoms with Crippen LogP contribution in [0.2, 0.25) is 5.15 Å². The summed E-state index contributed by atoms with van der Waals surface area (Å²) in [6.45, 7) is 0. The predicted molar refractivity (Wildman–Crippen MR) is 49.4 cm³/mol. The van der Waals surface area contributed by atoms with Crippen LogP contribution >= 0.6 is 22.9 Å². The molecule has 0 radical (unpaired) electrons. The maximum absolute atomic E-state index is 10.7. The Bertz CT molecular complexity index is 482. The fourth-order valence-corrected chi connectivity index (χ4v) is 2.17. The number of rotatable bonds is 1. The molecule has 4 nitrogen and oxygen atoms in total. The summed E-state index contributed by atoms with van der Waals surface area (Å²) in [6, 6.07) is 0. The van der Waals surface area contributed by atoms with Crippen LogP contribution in [0.15, 0.2) is 11.7 Å². The molecule has 2 aromatic rings. The number of carbonyl (C=O) groups is 1. The Balaban J connectivity index is 2.86. The average Bonchev–Trinajstić information content (AvgIpc) is 2.49. The monoisotopic (exact) mass is 214 g/mol. The lowest BCUT2D eigenvalue weighted by molar-refractivity contribution is 0.0699. The summed E-state index contributed by atoms with van der Waals surface area (Å²) in [5.41, 5.74) is 0.158. The van der Waals surface area contributed by atoms with E-state index < -0.39 is 5.97 Å². The van der Waals surface area contributed by atoms with Crippen molar-refractivity contribution in [1.29, 1.82) is 0 Å². The van der Waals surface area contributed by atoms with Gasteiger partial charge >= 0.3 is 5.97 Å². The molecule has 0 aromatic carbocycles. The predicted octanol–water partition coefficient (Wildman–Crippen LogP) is 2.04. The molecule has 13 heavy (non-hydrogen) atoms. The highest BCUT2D eigenvalue weighted by Gasteiger charge is 2.14. The number of thiophene rings is 1. The number of fused-ring (bicyclic) bond motifs is 1. The van der Waals surface area contributed by atoms with Gasteiger partial charge in [-0.05, 0) is 0 Å². The van der Waals surface area contributed by atoms with Gasteiger partial charge in [-0.15, -0.1) is 11.3 Å². The number of carboxylic acid groups (broad SMARTS) is 1. The summed E-state index contributed by atoms with van der Waals surface area (Å²) in [4.78, 5) is 18.9. The van der Waals surface area contributed by atoms with Crippen LogP contribution in [0.4, 0.5) is 0 Å². The summed E-state index contributed by atoms with van der Waals surface area (Å²) >= 11 is 6.98. The van der Waals surface area contributed by atoms with Crippen molar-refractivity contribution in [1.82, 2.24) is 9.97 Å². The number of aromatic nitrogens is 2. The molecule has 0 atom stereocenters. The molecular formula is C7H3ClN2O2S. The third-order valence-electron chi connectivity index (χ3n) is 1.55. The fraction of sp³-hybridized carbons (Fsp3) is 0.